The molecule has 1 N–H and O–H groups in total. The molecule has 1 aromatic heterocycles. The van der Waals surface area contributed by atoms with Gasteiger partial charge in [0.1, 0.15) is 5.75 Å². The zero-order valence-corrected chi connectivity index (χ0v) is 12.4. The number of ether oxygens (including phenoxy) is 1. The molecular formula is C17H15ClN2O. The van der Waals surface area contributed by atoms with Gasteiger partial charge in [-0.3, -0.25) is 0 Å². The van der Waals surface area contributed by atoms with E-state index in [2.05, 4.69) is 28.5 Å². The average molecular weight is 299 g/mol. The Bertz CT molecular complexity index is 774. The van der Waals surface area contributed by atoms with E-state index in [0.717, 1.165) is 16.8 Å². The SMILES string of the molecule is COc1ccc(CNc2cccnc2Cl)c2ccccc12. The minimum absolute atomic E-state index is 0.482. The molecule has 0 radical (unpaired) electrons. The minimum Gasteiger partial charge on any atom is -0.496 e. The number of methoxy groups -OCH3 is 1. The molecule has 0 saturated heterocycles. The largest absolute Gasteiger partial charge is 0.496 e. The van der Waals surface area contributed by atoms with Gasteiger partial charge in [0.25, 0.3) is 0 Å². The summed E-state index contributed by atoms with van der Waals surface area (Å²) in [5, 5.41) is 6.08. The minimum atomic E-state index is 0.482. The summed E-state index contributed by atoms with van der Waals surface area (Å²) in [6.45, 7) is 0.677. The second-order valence-corrected chi connectivity index (χ2v) is 5.03. The van der Waals surface area contributed by atoms with Crippen LogP contribution in [0, 0.1) is 0 Å². The van der Waals surface area contributed by atoms with Crippen LogP contribution in [0.4, 0.5) is 5.69 Å². The van der Waals surface area contributed by atoms with Crippen molar-refractivity contribution in [3.63, 3.8) is 0 Å². The molecule has 3 nitrogen and oxygen atoms in total. The standard InChI is InChI=1S/C17H15ClN2O/c1-21-16-9-8-12(13-5-2-3-6-14(13)16)11-20-15-7-4-10-19-17(15)18/h2-10,20H,11H2,1H3. The van der Waals surface area contributed by atoms with Crippen LogP contribution in [-0.4, -0.2) is 12.1 Å². The molecule has 0 unspecified atom stereocenters. The van der Waals surface area contributed by atoms with E-state index in [9.17, 15) is 0 Å². The number of hydrogen-bond donors (Lipinski definition) is 1. The topological polar surface area (TPSA) is 34.1 Å². The Labute approximate surface area is 128 Å². The molecule has 21 heavy (non-hydrogen) atoms. The van der Waals surface area contributed by atoms with Crippen LogP contribution >= 0.6 is 11.6 Å². The molecule has 0 aliphatic rings. The summed E-state index contributed by atoms with van der Waals surface area (Å²) in [5.41, 5.74) is 2.02. The third-order valence-electron chi connectivity index (χ3n) is 3.42. The number of halogens is 1. The molecule has 3 rings (SSSR count). The molecule has 0 aliphatic carbocycles. The van der Waals surface area contributed by atoms with Gasteiger partial charge in [-0.1, -0.05) is 41.9 Å². The third-order valence-corrected chi connectivity index (χ3v) is 3.72. The maximum atomic E-state index is 6.06. The van der Waals surface area contributed by atoms with Crippen molar-refractivity contribution in [1.82, 2.24) is 4.98 Å². The summed E-state index contributed by atoms with van der Waals surface area (Å²) in [7, 11) is 1.69. The van der Waals surface area contributed by atoms with Crippen molar-refractivity contribution in [2.75, 3.05) is 12.4 Å². The molecular weight excluding hydrogens is 284 g/mol. The lowest BCUT2D eigenvalue weighted by Gasteiger charge is -2.12. The molecule has 0 amide bonds. The fraction of sp³-hybridized carbons (Fsp3) is 0.118. The summed E-state index contributed by atoms with van der Waals surface area (Å²) in [4.78, 5) is 4.06. The zero-order chi connectivity index (χ0) is 14.7. The van der Waals surface area contributed by atoms with Crippen LogP contribution in [-0.2, 0) is 6.54 Å². The Morgan fingerprint density at radius 2 is 1.86 bits per heavy atom. The van der Waals surface area contributed by atoms with Crippen molar-refractivity contribution in [1.29, 1.82) is 0 Å². The first kappa shape index (κ1) is 13.7. The van der Waals surface area contributed by atoms with Gasteiger partial charge in [-0.05, 0) is 29.1 Å². The van der Waals surface area contributed by atoms with E-state index in [1.165, 1.54) is 10.9 Å². The van der Waals surface area contributed by atoms with E-state index in [4.69, 9.17) is 16.3 Å². The Morgan fingerprint density at radius 3 is 2.62 bits per heavy atom. The van der Waals surface area contributed by atoms with Gasteiger partial charge in [-0.15, -0.1) is 0 Å². The average Bonchev–Trinajstić information content (AvgIpc) is 2.54. The maximum Gasteiger partial charge on any atom is 0.152 e. The number of rotatable bonds is 4. The number of aromatic nitrogens is 1. The molecule has 4 heteroatoms. The summed E-state index contributed by atoms with van der Waals surface area (Å²) in [6.07, 6.45) is 1.68. The second-order valence-electron chi connectivity index (χ2n) is 4.67. The van der Waals surface area contributed by atoms with Crippen molar-refractivity contribution >= 4 is 28.1 Å². The number of fused-ring (bicyclic) bond motifs is 1. The van der Waals surface area contributed by atoms with Gasteiger partial charge in [0.15, 0.2) is 5.15 Å². The quantitative estimate of drug-likeness (QED) is 0.720. The summed E-state index contributed by atoms with van der Waals surface area (Å²) in [6, 6.07) is 16.0. The highest BCUT2D eigenvalue weighted by atomic mass is 35.5. The van der Waals surface area contributed by atoms with Gasteiger partial charge in [0.2, 0.25) is 0 Å². The smallest absolute Gasteiger partial charge is 0.152 e. The molecule has 106 valence electrons. The van der Waals surface area contributed by atoms with Crippen molar-refractivity contribution < 1.29 is 4.74 Å². The van der Waals surface area contributed by atoms with E-state index >= 15 is 0 Å². The van der Waals surface area contributed by atoms with Crippen LogP contribution in [0.1, 0.15) is 5.56 Å². The van der Waals surface area contributed by atoms with Gasteiger partial charge in [-0.2, -0.15) is 0 Å². The third kappa shape index (κ3) is 2.78. The molecule has 2 aromatic carbocycles. The van der Waals surface area contributed by atoms with Crippen LogP contribution in [0.5, 0.6) is 5.75 Å². The first-order valence-corrected chi connectivity index (χ1v) is 7.06. The molecule has 0 atom stereocenters. The van der Waals surface area contributed by atoms with Crippen LogP contribution in [0.25, 0.3) is 10.8 Å². The molecule has 0 aliphatic heterocycles. The van der Waals surface area contributed by atoms with Crippen LogP contribution in [0.3, 0.4) is 0 Å². The Balaban J connectivity index is 1.93. The number of pyridine rings is 1. The van der Waals surface area contributed by atoms with Gasteiger partial charge < -0.3 is 10.1 Å². The van der Waals surface area contributed by atoms with Crippen molar-refractivity contribution in [2.45, 2.75) is 6.54 Å². The van der Waals surface area contributed by atoms with Gasteiger partial charge >= 0.3 is 0 Å². The summed E-state index contributed by atoms with van der Waals surface area (Å²) in [5.74, 6) is 0.883. The van der Waals surface area contributed by atoms with Gasteiger partial charge in [0, 0.05) is 18.1 Å². The van der Waals surface area contributed by atoms with Gasteiger partial charge in [0.05, 0.1) is 12.8 Å². The lowest BCUT2D eigenvalue weighted by molar-refractivity contribution is 0.419. The molecule has 0 spiro atoms. The van der Waals surface area contributed by atoms with E-state index in [1.807, 2.05) is 30.3 Å². The number of benzene rings is 2. The highest BCUT2D eigenvalue weighted by Crippen LogP contribution is 2.29. The van der Waals surface area contributed by atoms with E-state index in [1.54, 1.807) is 13.3 Å². The predicted octanol–water partition coefficient (Wildman–Crippen LogP) is 4.51. The zero-order valence-electron chi connectivity index (χ0n) is 11.6. The maximum absolute atomic E-state index is 6.06. The number of nitrogens with one attached hydrogen (secondary N) is 1. The Morgan fingerprint density at radius 1 is 1.05 bits per heavy atom. The lowest BCUT2D eigenvalue weighted by Crippen LogP contribution is -2.01. The van der Waals surface area contributed by atoms with Crippen LogP contribution in [0.15, 0.2) is 54.7 Å². The molecule has 0 bridgehead atoms. The van der Waals surface area contributed by atoms with E-state index < -0.39 is 0 Å². The fourth-order valence-corrected chi connectivity index (χ4v) is 2.56. The van der Waals surface area contributed by atoms with Gasteiger partial charge in [-0.25, -0.2) is 4.98 Å². The molecule has 0 fully saturated rings. The molecule has 3 aromatic rings. The number of anilines is 1. The normalized spacial score (nSPS) is 10.6. The highest BCUT2D eigenvalue weighted by molar-refractivity contribution is 6.31. The molecule has 1 heterocycles. The van der Waals surface area contributed by atoms with E-state index in [-0.39, 0.29) is 0 Å². The fourth-order valence-electron chi connectivity index (χ4n) is 2.37. The second kappa shape index (κ2) is 6.02. The Kier molecular flexibility index (Phi) is 3.93. The first-order chi connectivity index (χ1) is 10.3. The predicted molar refractivity (Wildman–Crippen MR) is 87.1 cm³/mol. The van der Waals surface area contributed by atoms with Crippen molar-refractivity contribution in [2.24, 2.45) is 0 Å². The number of nitrogens with zero attached hydrogens (tertiary/aromatic N) is 1. The van der Waals surface area contributed by atoms with Crippen LogP contribution in [0.2, 0.25) is 5.15 Å². The summed E-state index contributed by atoms with van der Waals surface area (Å²) < 4.78 is 5.41. The molecule has 0 saturated carbocycles. The highest BCUT2D eigenvalue weighted by Gasteiger charge is 2.06. The summed E-state index contributed by atoms with van der Waals surface area (Å²) >= 11 is 6.06. The monoisotopic (exact) mass is 298 g/mol. The van der Waals surface area contributed by atoms with Crippen molar-refractivity contribution in [3.8, 4) is 5.75 Å². The lowest BCUT2D eigenvalue weighted by atomic mass is 10.0. The first-order valence-electron chi connectivity index (χ1n) is 6.68. The van der Waals surface area contributed by atoms with E-state index in [0.29, 0.717) is 11.7 Å². The Hall–Kier alpha value is -2.26. The van der Waals surface area contributed by atoms with Crippen LogP contribution < -0.4 is 10.1 Å². The van der Waals surface area contributed by atoms with Crippen molar-refractivity contribution in [3.05, 3.63) is 65.4 Å². The number of hydrogen-bond acceptors (Lipinski definition) is 3.